The molecule has 0 aliphatic heterocycles. The van der Waals surface area contributed by atoms with Crippen LogP contribution in [0.25, 0.3) is 0 Å². The topological polar surface area (TPSA) is 86.8 Å². The number of rotatable bonds is 11. The third-order valence-corrected chi connectivity index (χ3v) is 12.4. The number of benzene rings is 2. The van der Waals surface area contributed by atoms with E-state index in [1.807, 2.05) is 50.2 Å². The van der Waals surface area contributed by atoms with Crippen LogP contribution in [0.4, 0.5) is 5.69 Å². The molecule has 5 fully saturated rings. The van der Waals surface area contributed by atoms with E-state index in [9.17, 15) is 18.0 Å². The van der Waals surface area contributed by atoms with Crippen LogP contribution in [-0.2, 0) is 31.6 Å². The maximum Gasteiger partial charge on any atom is 0.244 e. The van der Waals surface area contributed by atoms with Gasteiger partial charge in [-0.05, 0) is 111 Å². The highest BCUT2D eigenvalue weighted by molar-refractivity contribution is 7.92. The van der Waals surface area contributed by atoms with Crippen LogP contribution in [0.15, 0.2) is 48.5 Å². The largest absolute Gasteiger partial charge is 0.352 e. The fourth-order valence-corrected chi connectivity index (χ4v) is 10.4. The molecular weight excluding hydrogens is 582 g/mol. The number of carbonyl (C=O) groups is 2. The molecule has 2 aromatic rings. The maximum absolute atomic E-state index is 14.2. The molecule has 4 bridgehead atoms. The van der Waals surface area contributed by atoms with Crippen LogP contribution in [0.1, 0.15) is 101 Å². The molecule has 8 heteroatoms. The molecule has 5 aliphatic rings. The summed E-state index contributed by atoms with van der Waals surface area (Å²) in [7, 11) is -3.77. The molecular formula is C37H51N3O4S. The fourth-order valence-electron chi connectivity index (χ4n) is 9.53. The van der Waals surface area contributed by atoms with E-state index in [-0.39, 0.29) is 36.4 Å². The number of nitrogens with one attached hydrogen (secondary N) is 1. The van der Waals surface area contributed by atoms with Gasteiger partial charge in [0.25, 0.3) is 0 Å². The van der Waals surface area contributed by atoms with Gasteiger partial charge < -0.3 is 10.2 Å². The van der Waals surface area contributed by atoms with E-state index in [1.165, 1.54) is 54.8 Å². The number of hydrogen-bond donors (Lipinski definition) is 1. The molecule has 1 atom stereocenters. The Balaban J connectivity index is 1.24. The number of carbonyl (C=O) groups excluding carboxylic acids is 2. The second kappa shape index (κ2) is 13.1. The Hall–Kier alpha value is -2.87. The average molecular weight is 634 g/mol. The summed E-state index contributed by atoms with van der Waals surface area (Å²) in [6, 6.07) is 15.4. The molecule has 0 heterocycles. The lowest BCUT2D eigenvalue weighted by Gasteiger charge is -2.57. The van der Waals surface area contributed by atoms with Crippen LogP contribution >= 0.6 is 0 Å². The Labute approximate surface area is 270 Å². The highest BCUT2D eigenvalue weighted by atomic mass is 32.2. The Bertz CT molecular complexity index is 1450. The molecule has 2 aromatic carbocycles. The van der Waals surface area contributed by atoms with Gasteiger partial charge in [0.15, 0.2) is 0 Å². The van der Waals surface area contributed by atoms with Crippen molar-refractivity contribution in [1.29, 1.82) is 0 Å². The summed E-state index contributed by atoms with van der Waals surface area (Å²) in [4.78, 5) is 29.4. The number of anilines is 1. The lowest BCUT2D eigenvalue weighted by Crippen LogP contribution is -2.54. The van der Waals surface area contributed by atoms with Crippen molar-refractivity contribution in [1.82, 2.24) is 10.2 Å². The average Bonchev–Trinajstić information content (AvgIpc) is 2.99. The van der Waals surface area contributed by atoms with E-state index in [4.69, 9.17) is 0 Å². The van der Waals surface area contributed by atoms with Gasteiger partial charge in [-0.2, -0.15) is 0 Å². The third-order valence-electron chi connectivity index (χ3n) is 11.3. The predicted octanol–water partition coefficient (Wildman–Crippen LogP) is 6.49. The van der Waals surface area contributed by atoms with Gasteiger partial charge in [0, 0.05) is 12.6 Å². The molecule has 0 unspecified atom stereocenters. The molecule has 5 aliphatic carbocycles. The van der Waals surface area contributed by atoms with Crippen molar-refractivity contribution in [2.75, 3.05) is 17.1 Å². The lowest BCUT2D eigenvalue weighted by atomic mass is 9.48. The Morgan fingerprint density at radius 1 is 0.933 bits per heavy atom. The monoisotopic (exact) mass is 633 g/mol. The summed E-state index contributed by atoms with van der Waals surface area (Å²) in [5, 5.41) is 3.21. The first kappa shape index (κ1) is 32.1. The van der Waals surface area contributed by atoms with Crippen LogP contribution < -0.4 is 9.62 Å². The Morgan fingerprint density at radius 2 is 1.56 bits per heavy atom. The van der Waals surface area contributed by atoms with Gasteiger partial charge in [-0.1, -0.05) is 68.1 Å². The molecule has 0 aromatic heterocycles. The zero-order valence-corrected chi connectivity index (χ0v) is 28.2. The summed E-state index contributed by atoms with van der Waals surface area (Å²) in [5.41, 5.74) is 4.00. The van der Waals surface area contributed by atoms with Crippen LogP contribution in [-0.4, -0.2) is 50.0 Å². The minimum absolute atomic E-state index is 0.122. The van der Waals surface area contributed by atoms with Gasteiger partial charge in [-0.15, -0.1) is 0 Å². The molecule has 2 amide bonds. The first-order valence-electron chi connectivity index (χ1n) is 17.3. The molecule has 0 spiro atoms. The summed E-state index contributed by atoms with van der Waals surface area (Å²) < 4.78 is 27.6. The second-order valence-corrected chi connectivity index (χ2v) is 16.7. The Kier molecular flexibility index (Phi) is 9.33. The lowest BCUT2D eigenvalue weighted by molar-refractivity contribution is -0.140. The highest BCUT2D eigenvalue weighted by Gasteiger charge is 2.51. The van der Waals surface area contributed by atoms with Gasteiger partial charge in [0.05, 0.1) is 11.9 Å². The summed E-state index contributed by atoms with van der Waals surface area (Å²) in [6.07, 6.45) is 14.7. The molecule has 0 saturated heterocycles. The first-order valence-corrected chi connectivity index (χ1v) is 19.1. The van der Waals surface area contributed by atoms with Crippen molar-refractivity contribution in [3.63, 3.8) is 0 Å². The zero-order chi connectivity index (χ0) is 31.8. The summed E-state index contributed by atoms with van der Waals surface area (Å²) >= 11 is 0. The minimum atomic E-state index is -3.77. The molecule has 7 rings (SSSR count). The van der Waals surface area contributed by atoms with E-state index < -0.39 is 16.1 Å². The maximum atomic E-state index is 14.2. The highest BCUT2D eigenvalue weighted by Crippen LogP contribution is 2.60. The predicted molar refractivity (Wildman–Crippen MR) is 179 cm³/mol. The van der Waals surface area contributed by atoms with E-state index in [1.54, 1.807) is 4.90 Å². The van der Waals surface area contributed by atoms with Crippen molar-refractivity contribution in [2.45, 2.75) is 115 Å². The van der Waals surface area contributed by atoms with Crippen LogP contribution in [0.5, 0.6) is 0 Å². The van der Waals surface area contributed by atoms with E-state index in [2.05, 4.69) is 17.4 Å². The SMILES string of the molecule is CC[C@H](C(=O)NC1CCCCC1)N(Cc1cccc(C)c1)C(=O)CN(c1ccc(C23CC4CC(CC(C4)C2)C3)cc1)S(C)(=O)=O. The summed E-state index contributed by atoms with van der Waals surface area (Å²) in [6.45, 7) is 3.80. The molecule has 0 radical (unpaired) electrons. The molecule has 5 saturated carbocycles. The Morgan fingerprint density at radius 3 is 2.11 bits per heavy atom. The van der Waals surface area contributed by atoms with Gasteiger partial charge in [0.1, 0.15) is 12.6 Å². The molecule has 7 nitrogen and oxygen atoms in total. The standard InChI is InChI=1S/C37H51N3O4S/c1-4-34(36(42)38-32-11-6-5-7-12-32)39(24-27-10-8-9-26(2)17-27)35(41)25-40(45(3,43)44)33-15-13-31(14-16-33)37-21-28-18-29(22-37)20-30(19-28)23-37/h8-10,13-17,28-30,32,34H,4-7,11-12,18-25H2,1-3H3,(H,38,42)/t28?,29?,30?,34-,37?/m1/s1. The minimum Gasteiger partial charge on any atom is -0.352 e. The third kappa shape index (κ3) is 7.11. The van der Waals surface area contributed by atoms with Crippen molar-refractivity contribution >= 4 is 27.5 Å². The molecule has 1 N–H and O–H groups in total. The number of nitrogens with zero attached hydrogens (tertiary/aromatic N) is 2. The van der Waals surface area contributed by atoms with E-state index in [0.717, 1.165) is 60.8 Å². The smallest absolute Gasteiger partial charge is 0.244 e. The first-order chi connectivity index (χ1) is 21.5. The number of aryl methyl sites for hydroxylation is 1. The molecule has 244 valence electrons. The van der Waals surface area contributed by atoms with Gasteiger partial charge in [-0.25, -0.2) is 8.42 Å². The van der Waals surface area contributed by atoms with Crippen molar-refractivity contribution < 1.29 is 18.0 Å². The van der Waals surface area contributed by atoms with Crippen LogP contribution in [0, 0.1) is 24.7 Å². The van der Waals surface area contributed by atoms with E-state index >= 15 is 0 Å². The second-order valence-electron chi connectivity index (χ2n) is 14.8. The van der Waals surface area contributed by atoms with E-state index in [0.29, 0.717) is 12.1 Å². The van der Waals surface area contributed by atoms with Gasteiger partial charge >= 0.3 is 0 Å². The van der Waals surface area contributed by atoms with Gasteiger partial charge in [0.2, 0.25) is 21.8 Å². The van der Waals surface area contributed by atoms with Crippen molar-refractivity contribution in [3.8, 4) is 0 Å². The van der Waals surface area contributed by atoms with Crippen molar-refractivity contribution in [2.24, 2.45) is 17.8 Å². The fraction of sp³-hybridized carbons (Fsp3) is 0.622. The number of sulfonamides is 1. The van der Waals surface area contributed by atoms with Gasteiger partial charge in [-0.3, -0.25) is 13.9 Å². The van der Waals surface area contributed by atoms with Crippen LogP contribution in [0.2, 0.25) is 0 Å². The number of hydrogen-bond acceptors (Lipinski definition) is 4. The van der Waals surface area contributed by atoms with Crippen LogP contribution in [0.3, 0.4) is 0 Å². The normalized spacial score (nSPS) is 26.8. The number of amides is 2. The zero-order valence-electron chi connectivity index (χ0n) is 27.3. The summed E-state index contributed by atoms with van der Waals surface area (Å²) in [5.74, 6) is 1.93. The quantitative estimate of drug-likeness (QED) is 0.307. The molecule has 45 heavy (non-hydrogen) atoms. The van der Waals surface area contributed by atoms with Crippen molar-refractivity contribution in [3.05, 3.63) is 65.2 Å².